The Bertz CT molecular complexity index is 1040. The van der Waals surface area contributed by atoms with Gasteiger partial charge in [-0.25, -0.2) is 18.8 Å². The molecular weight excluding hydrogens is 418 g/mol. The number of hydrogen-bond donors (Lipinski definition) is 2. The predicted octanol–water partition coefficient (Wildman–Crippen LogP) is 3.44. The molecule has 0 radical (unpaired) electrons. The number of nitrogens with zero attached hydrogens (tertiary/aromatic N) is 3. The fourth-order valence-corrected chi connectivity index (χ4v) is 3.36. The van der Waals surface area contributed by atoms with E-state index in [9.17, 15) is 4.79 Å². The van der Waals surface area contributed by atoms with Crippen LogP contribution in [-0.2, 0) is 10.8 Å². The van der Waals surface area contributed by atoms with Crippen LogP contribution in [-0.4, -0.2) is 81.8 Å². The second-order valence-electron chi connectivity index (χ2n) is 8.01. The molecule has 0 aliphatic heterocycles. The van der Waals surface area contributed by atoms with Crippen LogP contribution >= 0.6 is 0 Å². The Hall–Kier alpha value is -3.65. The van der Waals surface area contributed by atoms with Crippen molar-refractivity contribution in [3.05, 3.63) is 53.1 Å². The van der Waals surface area contributed by atoms with E-state index in [1.807, 2.05) is 49.9 Å². The number of benzene rings is 2. The van der Waals surface area contributed by atoms with Crippen LogP contribution in [0.25, 0.3) is 0 Å². The summed E-state index contributed by atoms with van der Waals surface area (Å²) in [6.07, 6.45) is 0.453. The first-order chi connectivity index (χ1) is 15.7. The molecular formula is C25H33N5O3+2. The molecule has 0 saturated carbocycles. The van der Waals surface area contributed by atoms with Crippen molar-refractivity contribution in [1.29, 1.82) is 5.41 Å². The van der Waals surface area contributed by atoms with Gasteiger partial charge in [-0.3, -0.25) is 5.41 Å². The first-order valence-electron chi connectivity index (χ1n) is 10.5. The summed E-state index contributed by atoms with van der Waals surface area (Å²) in [6.45, 7) is 14.4. The van der Waals surface area contributed by atoms with Crippen LogP contribution in [0.1, 0.15) is 23.6 Å². The third kappa shape index (κ3) is 6.92. The lowest BCUT2D eigenvalue weighted by atomic mass is 9.93. The Morgan fingerprint density at radius 3 is 2.52 bits per heavy atom. The Morgan fingerprint density at radius 2 is 1.97 bits per heavy atom. The van der Waals surface area contributed by atoms with Gasteiger partial charge in [0, 0.05) is 29.3 Å². The van der Waals surface area contributed by atoms with Gasteiger partial charge in [-0.2, -0.15) is 0 Å². The molecule has 1 unspecified atom stereocenters. The number of ether oxygens (including phenoxy) is 1. The van der Waals surface area contributed by atoms with Gasteiger partial charge in [0.05, 0.1) is 25.4 Å². The molecule has 1 atom stereocenters. The summed E-state index contributed by atoms with van der Waals surface area (Å²) in [7, 11) is 5.58. The van der Waals surface area contributed by atoms with Gasteiger partial charge in [-0.05, 0) is 57.9 Å². The predicted molar refractivity (Wildman–Crippen MR) is 134 cm³/mol. The van der Waals surface area contributed by atoms with E-state index >= 15 is 0 Å². The monoisotopic (exact) mass is 451 g/mol. The van der Waals surface area contributed by atoms with Crippen molar-refractivity contribution in [2.45, 2.75) is 19.4 Å². The van der Waals surface area contributed by atoms with Crippen LogP contribution in [0.15, 0.2) is 41.4 Å². The smallest absolute Gasteiger partial charge is 0.393 e. The summed E-state index contributed by atoms with van der Waals surface area (Å²) >= 11 is 0. The highest BCUT2D eigenvalue weighted by Gasteiger charge is 2.22. The second-order valence-corrected chi connectivity index (χ2v) is 8.01. The number of hydrogen-bond acceptors (Lipinski definition) is 4. The molecule has 8 heteroatoms. The molecule has 0 aliphatic rings. The van der Waals surface area contributed by atoms with Crippen LogP contribution in [0.2, 0.25) is 0 Å². The maximum Gasteiger partial charge on any atom is 0.393 e. The zero-order valence-electron chi connectivity index (χ0n) is 19.9. The third-order valence-corrected chi connectivity index (χ3v) is 5.19. The minimum absolute atomic E-state index is 0.237. The molecule has 0 fully saturated rings. The van der Waals surface area contributed by atoms with Gasteiger partial charge in [-0.15, -0.1) is 0 Å². The normalized spacial score (nSPS) is 11.5. The highest BCUT2D eigenvalue weighted by atomic mass is 16.5. The van der Waals surface area contributed by atoms with E-state index in [0.717, 1.165) is 29.9 Å². The molecule has 2 N–H and O–H groups in total. The molecule has 2 aromatic carbocycles. The molecule has 0 bridgehead atoms. The van der Waals surface area contributed by atoms with Crippen molar-refractivity contribution in [2.24, 2.45) is 4.99 Å². The van der Waals surface area contributed by atoms with Crippen molar-refractivity contribution >= 4 is 37.7 Å². The van der Waals surface area contributed by atoms with E-state index in [0.29, 0.717) is 29.2 Å². The zero-order valence-corrected chi connectivity index (χ0v) is 19.9. The number of carbonyl (C=O) groups excluding carboxylic acids is 2. The first-order valence-corrected chi connectivity index (χ1v) is 10.5. The SMILES string of the molecule is C=NC(=O)NC(C)Cc1cc([O+]=C)c(OC)cc1C(=N)c1ccc([N+](=C)CCN(C)C)cc1. The van der Waals surface area contributed by atoms with E-state index in [1.54, 1.807) is 12.1 Å². The van der Waals surface area contributed by atoms with Crippen molar-refractivity contribution in [3.8, 4) is 11.5 Å². The maximum atomic E-state index is 11.6. The summed E-state index contributed by atoms with van der Waals surface area (Å²) in [5, 5.41) is 11.6. The van der Waals surface area contributed by atoms with Crippen molar-refractivity contribution in [2.75, 3.05) is 34.3 Å². The average molecular weight is 452 g/mol. The van der Waals surface area contributed by atoms with E-state index in [-0.39, 0.29) is 6.04 Å². The second kappa shape index (κ2) is 11.8. The number of nitrogens with one attached hydrogen (secondary N) is 2. The fraction of sp³-hybridized carbons (Fsp3) is 0.320. The van der Waals surface area contributed by atoms with Crippen LogP contribution in [0.4, 0.5) is 10.5 Å². The number of likely N-dealkylation sites (N-methyl/N-ethyl adjacent to an activating group) is 1. The fourth-order valence-electron chi connectivity index (χ4n) is 3.36. The van der Waals surface area contributed by atoms with Gasteiger partial charge in [0.1, 0.15) is 6.72 Å². The largest absolute Gasteiger partial charge is 0.488 e. The quantitative estimate of drug-likeness (QED) is 0.311. The zero-order chi connectivity index (χ0) is 24.5. The molecule has 0 aliphatic carbocycles. The van der Waals surface area contributed by atoms with Gasteiger partial charge >= 0.3 is 11.8 Å². The van der Waals surface area contributed by atoms with Crippen LogP contribution < -0.4 is 10.1 Å². The van der Waals surface area contributed by atoms with Gasteiger partial charge < -0.3 is 15.0 Å². The molecule has 0 heterocycles. The van der Waals surface area contributed by atoms with Gasteiger partial charge in [0.25, 0.3) is 6.79 Å². The number of methoxy groups -OCH3 is 1. The molecule has 8 nitrogen and oxygen atoms in total. The van der Waals surface area contributed by atoms with E-state index in [2.05, 4.69) is 35.4 Å². The van der Waals surface area contributed by atoms with Gasteiger partial charge in [0.15, 0.2) is 6.54 Å². The molecule has 0 spiro atoms. The summed E-state index contributed by atoms with van der Waals surface area (Å²) in [6, 6.07) is 10.5. The summed E-state index contributed by atoms with van der Waals surface area (Å²) in [5.74, 6) is 0.926. The number of rotatable bonds is 11. The number of urea groups is 1. The molecule has 0 saturated heterocycles. The summed E-state index contributed by atoms with van der Waals surface area (Å²) in [5.41, 5.74) is 3.53. The van der Waals surface area contributed by atoms with Crippen LogP contribution in [0.5, 0.6) is 11.5 Å². The lowest BCUT2D eigenvalue weighted by molar-refractivity contribution is -0.431. The topological polar surface area (TPSA) is 92.1 Å². The highest BCUT2D eigenvalue weighted by molar-refractivity contribution is 6.12. The first kappa shape index (κ1) is 25.6. The molecule has 174 valence electrons. The maximum absolute atomic E-state index is 11.6. The Kier molecular flexibility index (Phi) is 9.18. The number of aliphatic imine (C=N–C) groups is 1. The molecule has 2 amide bonds. The molecule has 33 heavy (non-hydrogen) atoms. The van der Waals surface area contributed by atoms with Crippen LogP contribution in [0, 0.1) is 5.41 Å². The molecule has 2 aromatic rings. The lowest BCUT2D eigenvalue weighted by Crippen LogP contribution is -2.32. The Labute approximate surface area is 195 Å². The lowest BCUT2D eigenvalue weighted by Gasteiger charge is -2.16. The molecule has 2 rings (SSSR count). The minimum Gasteiger partial charge on any atom is -0.488 e. The van der Waals surface area contributed by atoms with E-state index in [1.165, 1.54) is 7.11 Å². The van der Waals surface area contributed by atoms with Crippen molar-refractivity contribution < 1.29 is 18.5 Å². The Balaban J connectivity index is 2.37. The van der Waals surface area contributed by atoms with Gasteiger partial charge in [-0.1, -0.05) is 0 Å². The van der Waals surface area contributed by atoms with E-state index < -0.39 is 6.03 Å². The molecule has 0 aromatic heterocycles. The minimum atomic E-state index is -0.496. The Morgan fingerprint density at radius 1 is 1.30 bits per heavy atom. The van der Waals surface area contributed by atoms with Crippen LogP contribution in [0.3, 0.4) is 0 Å². The van der Waals surface area contributed by atoms with E-state index in [4.69, 9.17) is 14.6 Å². The highest BCUT2D eigenvalue weighted by Crippen LogP contribution is 2.33. The van der Waals surface area contributed by atoms with Crippen molar-refractivity contribution in [1.82, 2.24) is 10.2 Å². The average Bonchev–Trinajstić information content (AvgIpc) is 2.81. The number of carbonyl (C=O) groups is 1. The summed E-state index contributed by atoms with van der Waals surface area (Å²) < 4.78 is 12.6. The summed E-state index contributed by atoms with van der Waals surface area (Å²) in [4.78, 5) is 17.1. The standard InChI is InChI=1S/C25H32N5O3/c1-17(28-25(31)27-2)14-19-15-22(32-6)23(33-7)16-21(19)24(26)18-8-10-20(11-9-18)30(5)13-12-29(3)4/h8-11,15-17,26H,2,5-6,12-14H2,1,3-4,7H3/q+1/p+1. The van der Waals surface area contributed by atoms with Crippen molar-refractivity contribution in [3.63, 3.8) is 0 Å². The van der Waals surface area contributed by atoms with Gasteiger partial charge in [0.2, 0.25) is 11.4 Å². The third-order valence-electron chi connectivity index (χ3n) is 5.19. The number of amides is 2.